The van der Waals surface area contributed by atoms with Gasteiger partial charge in [-0.05, 0) is 12.1 Å². The lowest BCUT2D eigenvalue weighted by Gasteiger charge is -2.11. The van der Waals surface area contributed by atoms with Gasteiger partial charge in [-0.25, -0.2) is 0 Å². The first kappa shape index (κ1) is 9.52. The lowest BCUT2D eigenvalue weighted by Crippen LogP contribution is -2.13. The third-order valence-corrected chi connectivity index (χ3v) is 1.65. The Morgan fingerprint density at radius 3 is 2.69 bits per heavy atom. The Bertz CT molecular complexity index is 277. The summed E-state index contributed by atoms with van der Waals surface area (Å²) in [6.07, 6.45) is 3.58. The molecule has 2 heteroatoms. The molecule has 0 N–H and O–H groups in total. The fourth-order valence-corrected chi connectivity index (χ4v) is 0.974. The standard InChI is InChI=1S/C11H14N2/c1-3-9-12-10-13(2)11-7-5-4-6-8-11/h3-8,10H,1,9H2,2H3. The minimum atomic E-state index is 0.664. The largest absolute Gasteiger partial charge is 0.336 e. The highest BCUT2D eigenvalue weighted by Gasteiger charge is 1.92. The monoisotopic (exact) mass is 174 g/mol. The number of hydrogen-bond donors (Lipinski definition) is 0. The predicted molar refractivity (Wildman–Crippen MR) is 58.4 cm³/mol. The van der Waals surface area contributed by atoms with Gasteiger partial charge in [-0.3, -0.25) is 4.99 Å². The molecule has 13 heavy (non-hydrogen) atoms. The van der Waals surface area contributed by atoms with E-state index < -0.39 is 0 Å². The fraction of sp³-hybridized carbons (Fsp3) is 0.182. The van der Waals surface area contributed by atoms with Gasteiger partial charge in [0.25, 0.3) is 0 Å². The molecule has 0 aliphatic heterocycles. The van der Waals surface area contributed by atoms with Crippen LogP contribution in [-0.4, -0.2) is 19.9 Å². The second-order valence-electron chi connectivity index (χ2n) is 2.72. The van der Waals surface area contributed by atoms with E-state index in [1.165, 1.54) is 0 Å². The van der Waals surface area contributed by atoms with Crippen molar-refractivity contribution in [3.63, 3.8) is 0 Å². The molecule has 0 amide bonds. The smallest absolute Gasteiger partial charge is 0.0895 e. The Kier molecular flexibility index (Phi) is 3.76. The van der Waals surface area contributed by atoms with Gasteiger partial charge in [-0.15, -0.1) is 6.58 Å². The van der Waals surface area contributed by atoms with Gasteiger partial charge in [0.2, 0.25) is 0 Å². The van der Waals surface area contributed by atoms with Crippen molar-refractivity contribution in [2.75, 3.05) is 18.5 Å². The van der Waals surface area contributed by atoms with Crippen LogP contribution in [0.25, 0.3) is 0 Å². The van der Waals surface area contributed by atoms with E-state index in [0.717, 1.165) is 5.69 Å². The van der Waals surface area contributed by atoms with Crippen LogP contribution in [0.15, 0.2) is 48.0 Å². The molecule has 0 bridgehead atoms. The molecule has 1 rings (SSSR count). The van der Waals surface area contributed by atoms with Crippen molar-refractivity contribution in [3.05, 3.63) is 43.0 Å². The van der Waals surface area contributed by atoms with Crippen LogP contribution >= 0.6 is 0 Å². The molecule has 0 fully saturated rings. The van der Waals surface area contributed by atoms with Crippen LogP contribution in [0.4, 0.5) is 5.69 Å². The van der Waals surface area contributed by atoms with Crippen molar-refractivity contribution in [3.8, 4) is 0 Å². The van der Waals surface area contributed by atoms with Crippen LogP contribution < -0.4 is 4.90 Å². The Morgan fingerprint density at radius 1 is 1.38 bits per heavy atom. The Hall–Kier alpha value is -1.57. The molecular weight excluding hydrogens is 160 g/mol. The van der Waals surface area contributed by atoms with Crippen molar-refractivity contribution in [2.45, 2.75) is 0 Å². The summed E-state index contributed by atoms with van der Waals surface area (Å²) in [6, 6.07) is 10.1. The normalized spacial score (nSPS) is 10.2. The number of benzene rings is 1. The summed E-state index contributed by atoms with van der Waals surface area (Å²) in [4.78, 5) is 6.12. The molecule has 0 saturated heterocycles. The highest BCUT2D eigenvalue weighted by Crippen LogP contribution is 2.08. The molecule has 1 aromatic carbocycles. The van der Waals surface area contributed by atoms with E-state index >= 15 is 0 Å². The summed E-state index contributed by atoms with van der Waals surface area (Å²) < 4.78 is 0. The molecule has 0 radical (unpaired) electrons. The van der Waals surface area contributed by atoms with Crippen LogP contribution in [0.1, 0.15) is 0 Å². The van der Waals surface area contributed by atoms with Gasteiger partial charge in [0, 0.05) is 12.7 Å². The zero-order valence-corrected chi connectivity index (χ0v) is 7.85. The summed E-state index contributed by atoms with van der Waals surface area (Å²) in [6.45, 7) is 4.26. The minimum Gasteiger partial charge on any atom is -0.336 e. The molecule has 68 valence electrons. The lowest BCUT2D eigenvalue weighted by molar-refractivity contribution is 1.21. The number of nitrogens with zero attached hydrogens (tertiary/aromatic N) is 2. The molecule has 0 spiro atoms. The summed E-state index contributed by atoms with van der Waals surface area (Å²) in [5.74, 6) is 0. The van der Waals surface area contributed by atoms with Crippen LogP contribution in [-0.2, 0) is 0 Å². The average Bonchev–Trinajstić information content (AvgIpc) is 2.19. The second kappa shape index (κ2) is 5.14. The molecule has 2 nitrogen and oxygen atoms in total. The third kappa shape index (κ3) is 3.11. The van der Waals surface area contributed by atoms with E-state index in [4.69, 9.17) is 0 Å². The van der Waals surface area contributed by atoms with E-state index in [2.05, 4.69) is 11.6 Å². The van der Waals surface area contributed by atoms with Crippen LogP contribution in [0, 0.1) is 0 Å². The Labute approximate surface area is 79.2 Å². The van der Waals surface area contributed by atoms with E-state index in [0.29, 0.717) is 6.54 Å². The van der Waals surface area contributed by atoms with Gasteiger partial charge < -0.3 is 4.90 Å². The molecule has 0 aromatic heterocycles. The van der Waals surface area contributed by atoms with Gasteiger partial charge in [-0.1, -0.05) is 24.3 Å². The summed E-state index contributed by atoms with van der Waals surface area (Å²) in [7, 11) is 1.97. The fourth-order valence-electron chi connectivity index (χ4n) is 0.974. The zero-order valence-electron chi connectivity index (χ0n) is 7.85. The molecule has 0 saturated carbocycles. The Morgan fingerprint density at radius 2 is 2.08 bits per heavy atom. The first-order chi connectivity index (χ1) is 6.34. The molecule has 1 aromatic rings. The van der Waals surface area contributed by atoms with Crippen molar-refractivity contribution in [2.24, 2.45) is 4.99 Å². The maximum Gasteiger partial charge on any atom is 0.0895 e. The van der Waals surface area contributed by atoms with Gasteiger partial charge >= 0.3 is 0 Å². The van der Waals surface area contributed by atoms with Gasteiger partial charge in [0.1, 0.15) is 0 Å². The number of para-hydroxylation sites is 1. The van der Waals surface area contributed by atoms with Gasteiger partial charge in [0.15, 0.2) is 0 Å². The van der Waals surface area contributed by atoms with Crippen LogP contribution in [0.3, 0.4) is 0 Å². The topological polar surface area (TPSA) is 15.6 Å². The van der Waals surface area contributed by atoms with E-state index in [-0.39, 0.29) is 0 Å². The Balaban J connectivity index is 2.58. The van der Waals surface area contributed by atoms with Gasteiger partial charge in [0.05, 0.1) is 12.9 Å². The first-order valence-electron chi connectivity index (χ1n) is 4.23. The second-order valence-corrected chi connectivity index (χ2v) is 2.72. The van der Waals surface area contributed by atoms with E-state index in [1.54, 1.807) is 12.4 Å². The lowest BCUT2D eigenvalue weighted by atomic mass is 10.3. The molecule has 0 aliphatic rings. The van der Waals surface area contributed by atoms with E-state index in [1.807, 2.05) is 42.3 Å². The molecule has 0 atom stereocenters. The third-order valence-electron chi connectivity index (χ3n) is 1.65. The minimum absolute atomic E-state index is 0.664. The quantitative estimate of drug-likeness (QED) is 0.388. The number of hydrogen-bond acceptors (Lipinski definition) is 1. The number of aliphatic imine (C=N–C) groups is 1. The summed E-state index contributed by atoms with van der Waals surface area (Å²) in [5, 5.41) is 0. The predicted octanol–water partition coefficient (Wildman–Crippen LogP) is 2.34. The maximum absolute atomic E-state index is 4.15. The molecule has 0 aliphatic carbocycles. The zero-order chi connectivity index (χ0) is 9.52. The highest BCUT2D eigenvalue weighted by atomic mass is 15.1. The summed E-state index contributed by atoms with van der Waals surface area (Å²) in [5.41, 5.74) is 1.13. The first-order valence-corrected chi connectivity index (χ1v) is 4.23. The molecular formula is C11H14N2. The van der Waals surface area contributed by atoms with Gasteiger partial charge in [-0.2, -0.15) is 0 Å². The average molecular weight is 174 g/mol. The summed E-state index contributed by atoms with van der Waals surface area (Å²) >= 11 is 0. The number of anilines is 1. The van der Waals surface area contributed by atoms with Crippen molar-refractivity contribution >= 4 is 12.0 Å². The van der Waals surface area contributed by atoms with Crippen LogP contribution in [0.2, 0.25) is 0 Å². The van der Waals surface area contributed by atoms with Crippen LogP contribution in [0.5, 0.6) is 0 Å². The van der Waals surface area contributed by atoms with Crippen molar-refractivity contribution in [1.82, 2.24) is 0 Å². The number of rotatable bonds is 4. The molecule has 0 unspecified atom stereocenters. The van der Waals surface area contributed by atoms with E-state index in [9.17, 15) is 0 Å². The SMILES string of the molecule is C=CCN=CN(C)c1ccccc1. The van der Waals surface area contributed by atoms with Crippen molar-refractivity contribution in [1.29, 1.82) is 0 Å². The van der Waals surface area contributed by atoms with Crippen molar-refractivity contribution < 1.29 is 0 Å². The maximum atomic E-state index is 4.15. The molecule has 0 heterocycles. The highest BCUT2D eigenvalue weighted by molar-refractivity contribution is 5.78.